The number of ether oxygens (including phenoxy) is 2. The van der Waals surface area contributed by atoms with E-state index >= 15 is 0 Å². The predicted molar refractivity (Wildman–Crippen MR) is 57.1 cm³/mol. The summed E-state index contributed by atoms with van der Waals surface area (Å²) in [6, 6.07) is 5.23. The molecule has 0 unspecified atom stereocenters. The van der Waals surface area contributed by atoms with Gasteiger partial charge < -0.3 is 9.47 Å². The van der Waals surface area contributed by atoms with Crippen LogP contribution in [0.5, 0.6) is 11.5 Å². The Bertz CT molecular complexity index is 386. The molecule has 0 N–H and O–H groups in total. The third-order valence-electron chi connectivity index (χ3n) is 2.11. The van der Waals surface area contributed by atoms with E-state index in [9.17, 15) is 0 Å². The maximum Gasteiger partial charge on any atom is 0.160 e. The van der Waals surface area contributed by atoms with E-state index in [1.54, 1.807) is 26.4 Å². The molecule has 0 saturated carbocycles. The predicted octanol–water partition coefficient (Wildman–Crippen LogP) is 3.08. The highest BCUT2D eigenvalue weighted by atomic mass is 16.5. The average molecular weight is 207 g/mol. The Morgan fingerprint density at radius 1 is 1.27 bits per heavy atom. The van der Waals surface area contributed by atoms with Crippen LogP contribution < -0.4 is 9.47 Å². The van der Waals surface area contributed by atoms with Crippen molar-refractivity contribution in [3.8, 4) is 11.5 Å². The fraction of sp³-hybridized carbons (Fsp3) is 0.400. The summed E-state index contributed by atoms with van der Waals surface area (Å²) >= 11 is 0. The lowest BCUT2D eigenvalue weighted by atomic mass is 10.1. The highest BCUT2D eigenvalue weighted by Crippen LogP contribution is 2.30. The molecule has 0 amide bonds. The second kappa shape index (κ2) is 5.12. The number of hydrogen-bond donors (Lipinski definition) is 0. The van der Waals surface area contributed by atoms with E-state index in [0.717, 1.165) is 5.56 Å². The summed E-state index contributed by atoms with van der Waals surface area (Å²) in [5.74, 6) is 1.30. The lowest BCUT2D eigenvalue weighted by Gasteiger charge is -2.11. The average Bonchev–Trinajstić information content (AvgIpc) is 2.28. The molecule has 0 aliphatic rings. The van der Waals surface area contributed by atoms with Gasteiger partial charge in [-0.3, -0.25) is 0 Å². The Labute approximate surface area is 88.3 Å². The quantitative estimate of drug-likeness (QED) is 0.432. The van der Waals surface area contributed by atoms with Crippen LogP contribution in [0.2, 0.25) is 0 Å². The van der Waals surface area contributed by atoms with Crippen molar-refractivity contribution >= 4 is 0 Å². The minimum absolute atomic E-state index is 0.213. The normalized spacial score (nSPS) is 11.4. The SMILES string of the molecule is COc1ccc([C@@H](C)N=[N+]=[N-])cc1OC. The second-order valence-corrected chi connectivity index (χ2v) is 3.00. The van der Waals surface area contributed by atoms with Crippen LogP contribution in [0.4, 0.5) is 0 Å². The maximum atomic E-state index is 8.33. The first-order chi connectivity index (χ1) is 7.22. The first kappa shape index (κ1) is 11.2. The van der Waals surface area contributed by atoms with Crippen LogP contribution in [0.3, 0.4) is 0 Å². The molecule has 0 aromatic heterocycles. The number of benzene rings is 1. The van der Waals surface area contributed by atoms with Crippen molar-refractivity contribution in [3.05, 3.63) is 34.2 Å². The van der Waals surface area contributed by atoms with E-state index in [0.29, 0.717) is 11.5 Å². The van der Waals surface area contributed by atoms with Crippen molar-refractivity contribution in [2.24, 2.45) is 5.11 Å². The highest BCUT2D eigenvalue weighted by molar-refractivity contribution is 5.43. The Morgan fingerprint density at radius 3 is 2.47 bits per heavy atom. The van der Waals surface area contributed by atoms with Gasteiger partial charge in [-0.15, -0.1) is 0 Å². The summed E-state index contributed by atoms with van der Waals surface area (Å²) in [6.07, 6.45) is 0. The maximum absolute atomic E-state index is 8.33. The van der Waals surface area contributed by atoms with E-state index in [4.69, 9.17) is 15.0 Å². The van der Waals surface area contributed by atoms with Crippen molar-refractivity contribution in [1.82, 2.24) is 0 Å². The molecule has 0 radical (unpaired) electrons. The first-order valence-electron chi connectivity index (χ1n) is 4.49. The molecule has 0 saturated heterocycles. The summed E-state index contributed by atoms with van der Waals surface area (Å²) < 4.78 is 10.2. The molecule has 1 atom stereocenters. The van der Waals surface area contributed by atoms with Crippen molar-refractivity contribution < 1.29 is 9.47 Å². The van der Waals surface area contributed by atoms with Crippen molar-refractivity contribution in [2.75, 3.05) is 14.2 Å². The van der Waals surface area contributed by atoms with Gasteiger partial charge in [0.1, 0.15) is 0 Å². The van der Waals surface area contributed by atoms with Crippen LogP contribution in [0.25, 0.3) is 10.4 Å². The van der Waals surface area contributed by atoms with Gasteiger partial charge in [-0.05, 0) is 23.2 Å². The lowest BCUT2D eigenvalue weighted by Crippen LogP contribution is -1.94. The molecule has 0 aliphatic carbocycles. The molecule has 1 aromatic rings. The molecule has 5 nitrogen and oxygen atoms in total. The van der Waals surface area contributed by atoms with Gasteiger partial charge in [0, 0.05) is 4.91 Å². The molecule has 80 valence electrons. The van der Waals surface area contributed by atoms with E-state index < -0.39 is 0 Å². The Balaban J connectivity index is 3.07. The summed E-state index contributed by atoms with van der Waals surface area (Å²) in [7, 11) is 3.15. The van der Waals surface area contributed by atoms with Gasteiger partial charge in [-0.2, -0.15) is 0 Å². The van der Waals surface area contributed by atoms with Gasteiger partial charge in [-0.25, -0.2) is 0 Å². The van der Waals surface area contributed by atoms with E-state index in [-0.39, 0.29) is 6.04 Å². The van der Waals surface area contributed by atoms with Crippen LogP contribution in [-0.4, -0.2) is 14.2 Å². The molecule has 0 bridgehead atoms. The summed E-state index contributed by atoms with van der Waals surface area (Å²) in [4.78, 5) is 2.76. The van der Waals surface area contributed by atoms with Crippen LogP contribution in [0.1, 0.15) is 18.5 Å². The zero-order chi connectivity index (χ0) is 11.3. The topological polar surface area (TPSA) is 67.2 Å². The summed E-state index contributed by atoms with van der Waals surface area (Å²) in [6.45, 7) is 1.82. The third kappa shape index (κ3) is 2.54. The van der Waals surface area contributed by atoms with Gasteiger partial charge in [0.2, 0.25) is 0 Å². The van der Waals surface area contributed by atoms with E-state index in [1.807, 2.05) is 13.0 Å². The fourth-order valence-electron chi connectivity index (χ4n) is 1.26. The molecule has 1 rings (SSSR count). The zero-order valence-electron chi connectivity index (χ0n) is 8.97. The lowest BCUT2D eigenvalue weighted by molar-refractivity contribution is 0.354. The second-order valence-electron chi connectivity index (χ2n) is 3.00. The van der Waals surface area contributed by atoms with Gasteiger partial charge in [0.15, 0.2) is 11.5 Å². The van der Waals surface area contributed by atoms with Gasteiger partial charge >= 0.3 is 0 Å². The van der Waals surface area contributed by atoms with Gasteiger partial charge in [-0.1, -0.05) is 18.1 Å². The Hall–Kier alpha value is -1.87. The molecular formula is C10H13N3O2. The number of nitrogens with zero attached hydrogens (tertiary/aromatic N) is 3. The monoisotopic (exact) mass is 207 g/mol. The molecular weight excluding hydrogens is 194 g/mol. The van der Waals surface area contributed by atoms with Crippen molar-refractivity contribution in [3.63, 3.8) is 0 Å². The molecule has 5 heteroatoms. The van der Waals surface area contributed by atoms with Crippen LogP contribution >= 0.6 is 0 Å². The Kier molecular flexibility index (Phi) is 3.83. The van der Waals surface area contributed by atoms with Crippen molar-refractivity contribution in [1.29, 1.82) is 0 Å². The molecule has 0 spiro atoms. The minimum atomic E-state index is -0.213. The van der Waals surface area contributed by atoms with Crippen LogP contribution in [0, 0.1) is 0 Å². The number of rotatable bonds is 4. The molecule has 1 aromatic carbocycles. The number of azide groups is 1. The van der Waals surface area contributed by atoms with Crippen LogP contribution in [-0.2, 0) is 0 Å². The minimum Gasteiger partial charge on any atom is -0.493 e. The fourth-order valence-corrected chi connectivity index (χ4v) is 1.26. The first-order valence-corrected chi connectivity index (χ1v) is 4.49. The van der Waals surface area contributed by atoms with Gasteiger partial charge in [0.25, 0.3) is 0 Å². The molecule has 15 heavy (non-hydrogen) atoms. The van der Waals surface area contributed by atoms with E-state index in [2.05, 4.69) is 10.0 Å². The summed E-state index contributed by atoms with van der Waals surface area (Å²) in [5, 5.41) is 3.61. The zero-order valence-corrected chi connectivity index (χ0v) is 8.97. The highest BCUT2D eigenvalue weighted by Gasteiger charge is 2.08. The smallest absolute Gasteiger partial charge is 0.160 e. The van der Waals surface area contributed by atoms with Gasteiger partial charge in [0.05, 0.1) is 20.3 Å². The van der Waals surface area contributed by atoms with Crippen LogP contribution in [0.15, 0.2) is 23.3 Å². The number of hydrogen-bond acceptors (Lipinski definition) is 3. The summed E-state index contributed by atoms with van der Waals surface area (Å²) in [5.41, 5.74) is 9.22. The standard InChI is InChI=1S/C10H13N3O2/c1-7(12-13-11)8-4-5-9(14-2)10(6-8)15-3/h4-7H,1-3H3/t7-/m1/s1. The molecule has 0 heterocycles. The molecule has 0 fully saturated rings. The third-order valence-corrected chi connectivity index (χ3v) is 2.11. The van der Waals surface area contributed by atoms with E-state index in [1.165, 1.54) is 0 Å². The largest absolute Gasteiger partial charge is 0.493 e. The Morgan fingerprint density at radius 2 is 1.93 bits per heavy atom. The molecule has 0 aliphatic heterocycles. The number of methoxy groups -OCH3 is 2. The van der Waals surface area contributed by atoms with Crippen molar-refractivity contribution in [2.45, 2.75) is 13.0 Å².